The van der Waals surface area contributed by atoms with Gasteiger partial charge in [-0.15, -0.1) is 5.10 Å². The molecule has 7 nitrogen and oxygen atoms in total. The Morgan fingerprint density at radius 2 is 2.05 bits per heavy atom. The Morgan fingerprint density at radius 3 is 2.53 bits per heavy atom. The third-order valence-corrected chi connectivity index (χ3v) is 2.07. The van der Waals surface area contributed by atoms with Crippen LogP contribution in [0.1, 0.15) is 29.5 Å². The van der Waals surface area contributed by atoms with Crippen molar-refractivity contribution in [3.63, 3.8) is 0 Å². The van der Waals surface area contributed by atoms with Crippen LogP contribution in [0.5, 0.6) is 0 Å². The molecule has 0 spiro atoms. The summed E-state index contributed by atoms with van der Waals surface area (Å²) in [5.41, 5.74) is -2.78. The number of halogens is 3. The van der Waals surface area contributed by atoms with E-state index in [2.05, 4.69) is 15.6 Å². The molecule has 0 aliphatic heterocycles. The van der Waals surface area contributed by atoms with Gasteiger partial charge in [0.2, 0.25) is 11.6 Å². The van der Waals surface area contributed by atoms with Crippen LogP contribution in [-0.2, 0) is 17.5 Å². The van der Waals surface area contributed by atoms with E-state index in [9.17, 15) is 22.8 Å². The van der Waals surface area contributed by atoms with Crippen LogP contribution in [0.3, 0.4) is 0 Å². The number of alkyl halides is 3. The largest absolute Gasteiger partial charge is 0.476 e. The van der Waals surface area contributed by atoms with Gasteiger partial charge in [0.05, 0.1) is 0 Å². The highest BCUT2D eigenvalue weighted by Crippen LogP contribution is 2.30. The second-order valence-electron chi connectivity index (χ2n) is 3.60. The molecule has 1 rings (SSSR count). The molecule has 1 heterocycles. The molecule has 19 heavy (non-hydrogen) atoms. The molecule has 0 fully saturated rings. The van der Waals surface area contributed by atoms with E-state index in [4.69, 9.17) is 5.11 Å². The Morgan fingerprint density at radius 1 is 1.42 bits per heavy atom. The molecule has 1 aromatic rings. The van der Waals surface area contributed by atoms with E-state index >= 15 is 0 Å². The molecule has 0 saturated heterocycles. The summed E-state index contributed by atoms with van der Waals surface area (Å²) in [6.07, 6.45) is -4.34. The van der Waals surface area contributed by atoms with Crippen LogP contribution in [-0.4, -0.2) is 38.5 Å². The smallest absolute Gasteiger partial charge is 0.435 e. The van der Waals surface area contributed by atoms with Gasteiger partial charge in [-0.05, 0) is 6.42 Å². The zero-order chi connectivity index (χ0) is 14.6. The molecule has 0 aliphatic rings. The lowest BCUT2D eigenvalue weighted by Crippen LogP contribution is -2.30. The minimum atomic E-state index is -4.96. The summed E-state index contributed by atoms with van der Waals surface area (Å²) in [5, 5.41) is 16.9. The van der Waals surface area contributed by atoms with Crippen LogP contribution in [0.2, 0.25) is 0 Å². The van der Waals surface area contributed by atoms with Gasteiger partial charge >= 0.3 is 12.1 Å². The molecule has 0 bridgehead atoms. The fraction of sp³-hybridized carbons (Fsp3) is 0.556. The van der Waals surface area contributed by atoms with Crippen LogP contribution in [0, 0.1) is 0 Å². The van der Waals surface area contributed by atoms with E-state index < -0.39 is 36.0 Å². The number of rotatable bonds is 5. The van der Waals surface area contributed by atoms with Crippen molar-refractivity contribution in [1.82, 2.24) is 20.3 Å². The summed E-state index contributed by atoms with van der Waals surface area (Å²) in [4.78, 5) is 21.9. The average molecular weight is 280 g/mol. The Bertz CT molecular complexity index is 484. The predicted molar refractivity (Wildman–Crippen MR) is 55.3 cm³/mol. The van der Waals surface area contributed by atoms with Gasteiger partial charge in [-0.2, -0.15) is 13.2 Å². The van der Waals surface area contributed by atoms with E-state index in [-0.39, 0.29) is 4.68 Å². The van der Waals surface area contributed by atoms with Gasteiger partial charge in [0.1, 0.15) is 6.54 Å². The lowest BCUT2D eigenvalue weighted by molar-refractivity contribution is -0.145. The average Bonchev–Trinajstić information content (AvgIpc) is 2.69. The third-order valence-electron chi connectivity index (χ3n) is 2.07. The Balaban J connectivity index is 3.02. The maximum atomic E-state index is 12.7. The summed E-state index contributed by atoms with van der Waals surface area (Å²) in [7, 11) is 0. The highest BCUT2D eigenvalue weighted by atomic mass is 19.4. The molecule has 0 atom stereocenters. The minimum Gasteiger partial charge on any atom is -0.476 e. The van der Waals surface area contributed by atoms with Crippen LogP contribution >= 0.6 is 0 Å². The number of hydrogen-bond donors (Lipinski definition) is 2. The second kappa shape index (κ2) is 5.67. The van der Waals surface area contributed by atoms with E-state index in [1.165, 1.54) is 0 Å². The SMILES string of the molecule is CCCNC(=O)Cn1nnc(C(=O)O)c1C(F)(F)F. The number of amides is 1. The monoisotopic (exact) mass is 280 g/mol. The highest BCUT2D eigenvalue weighted by Gasteiger charge is 2.41. The highest BCUT2D eigenvalue weighted by molar-refractivity contribution is 5.86. The number of carboxylic acid groups (broad SMARTS) is 1. The quantitative estimate of drug-likeness (QED) is 0.819. The van der Waals surface area contributed by atoms with Crippen molar-refractivity contribution in [1.29, 1.82) is 0 Å². The minimum absolute atomic E-state index is 0.231. The first-order chi connectivity index (χ1) is 8.77. The van der Waals surface area contributed by atoms with E-state index in [1.807, 2.05) is 0 Å². The lowest BCUT2D eigenvalue weighted by Gasteiger charge is -2.10. The standard InChI is InChI=1S/C9H11F3N4O3/c1-2-3-13-5(17)4-16-7(9(10,11)12)6(8(18)19)14-15-16/h2-4H2,1H3,(H,13,17)(H,18,19). The molecule has 106 valence electrons. The number of hydrogen-bond acceptors (Lipinski definition) is 4. The Labute approximate surface area is 105 Å². The molecule has 1 amide bonds. The first kappa shape index (κ1) is 14.9. The van der Waals surface area contributed by atoms with Crippen molar-refractivity contribution in [2.75, 3.05) is 6.54 Å². The molecule has 0 aromatic carbocycles. The summed E-state index contributed by atoms with van der Waals surface area (Å²) < 4.78 is 38.4. The van der Waals surface area contributed by atoms with Gasteiger partial charge < -0.3 is 10.4 Å². The summed E-state index contributed by atoms with van der Waals surface area (Å²) in [5.74, 6) is -2.55. The first-order valence-corrected chi connectivity index (χ1v) is 5.28. The molecule has 0 radical (unpaired) electrons. The summed E-state index contributed by atoms with van der Waals surface area (Å²) in [6, 6.07) is 0. The number of aromatic carboxylic acids is 1. The number of nitrogens with zero attached hydrogens (tertiary/aromatic N) is 3. The van der Waals surface area contributed by atoms with E-state index in [0.29, 0.717) is 13.0 Å². The lowest BCUT2D eigenvalue weighted by atomic mass is 10.3. The van der Waals surface area contributed by atoms with Crippen molar-refractivity contribution >= 4 is 11.9 Å². The van der Waals surface area contributed by atoms with Crippen LogP contribution in [0.25, 0.3) is 0 Å². The normalized spacial score (nSPS) is 11.4. The van der Waals surface area contributed by atoms with Crippen molar-refractivity contribution in [2.24, 2.45) is 0 Å². The van der Waals surface area contributed by atoms with Crippen molar-refractivity contribution in [3.05, 3.63) is 11.4 Å². The number of nitrogens with one attached hydrogen (secondary N) is 1. The van der Waals surface area contributed by atoms with Gasteiger partial charge in [0.25, 0.3) is 0 Å². The molecule has 0 aliphatic carbocycles. The van der Waals surface area contributed by atoms with Crippen LogP contribution in [0.4, 0.5) is 13.2 Å². The Kier molecular flexibility index (Phi) is 4.46. The number of carboxylic acids is 1. The molecular weight excluding hydrogens is 269 g/mol. The van der Waals surface area contributed by atoms with Crippen LogP contribution < -0.4 is 5.32 Å². The molecule has 10 heteroatoms. The maximum absolute atomic E-state index is 12.7. The van der Waals surface area contributed by atoms with Crippen molar-refractivity contribution in [2.45, 2.75) is 26.1 Å². The predicted octanol–water partition coefficient (Wildman–Crippen LogP) is 0.521. The summed E-state index contributed by atoms with van der Waals surface area (Å²) >= 11 is 0. The molecule has 1 aromatic heterocycles. The number of aromatic nitrogens is 3. The Hall–Kier alpha value is -2.13. The van der Waals surface area contributed by atoms with Crippen molar-refractivity contribution < 1.29 is 27.9 Å². The van der Waals surface area contributed by atoms with Crippen LogP contribution in [0.15, 0.2) is 0 Å². The second-order valence-corrected chi connectivity index (χ2v) is 3.60. The molecular formula is C9H11F3N4O3. The van der Waals surface area contributed by atoms with Gasteiger partial charge in [0.15, 0.2) is 5.69 Å². The van der Waals surface area contributed by atoms with Gasteiger partial charge in [-0.3, -0.25) is 4.79 Å². The fourth-order valence-corrected chi connectivity index (χ4v) is 1.30. The molecule has 0 saturated carbocycles. The van der Waals surface area contributed by atoms with E-state index in [1.54, 1.807) is 6.92 Å². The topological polar surface area (TPSA) is 97.1 Å². The number of carbonyl (C=O) groups excluding carboxylic acids is 1. The van der Waals surface area contributed by atoms with Crippen molar-refractivity contribution in [3.8, 4) is 0 Å². The summed E-state index contributed by atoms with van der Waals surface area (Å²) in [6.45, 7) is 1.34. The van der Waals surface area contributed by atoms with Gasteiger partial charge in [-0.25, -0.2) is 9.48 Å². The molecule has 0 unspecified atom stereocenters. The van der Waals surface area contributed by atoms with Gasteiger partial charge in [0, 0.05) is 6.54 Å². The third kappa shape index (κ3) is 3.66. The van der Waals surface area contributed by atoms with E-state index in [0.717, 1.165) is 0 Å². The maximum Gasteiger partial charge on any atom is 0.435 e. The number of carbonyl (C=O) groups is 2. The molecule has 2 N–H and O–H groups in total. The fourth-order valence-electron chi connectivity index (χ4n) is 1.30. The zero-order valence-corrected chi connectivity index (χ0v) is 9.86. The first-order valence-electron chi connectivity index (χ1n) is 5.28. The zero-order valence-electron chi connectivity index (χ0n) is 9.86. The van der Waals surface area contributed by atoms with Gasteiger partial charge in [-0.1, -0.05) is 12.1 Å².